The summed E-state index contributed by atoms with van der Waals surface area (Å²) in [5.41, 5.74) is 0. The molecule has 2 unspecified atom stereocenters. The highest BCUT2D eigenvalue weighted by molar-refractivity contribution is 5.81. The van der Waals surface area contributed by atoms with Crippen molar-refractivity contribution in [2.24, 2.45) is 5.92 Å². The lowest BCUT2D eigenvalue weighted by atomic mass is 9.98. The number of amides is 1. The number of nitrogens with zero attached hydrogens (tertiary/aromatic N) is 1. The Bertz CT molecular complexity index is 251. The van der Waals surface area contributed by atoms with Crippen molar-refractivity contribution in [1.29, 1.82) is 0 Å². The van der Waals surface area contributed by atoms with E-state index in [0.717, 1.165) is 39.0 Å². The molecular formula is C13H25N3O. The van der Waals surface area contributed by atoms with E-state index in [1.165, 1.54) is 19.4 Å². The van der Waals surface area contributed by atoms with Gasteiger partial charge < -0.3 is 15.5 Å². The van der Waals surface area contributed by atoms with Crippen molar-refractivity contribution in [2.75, 3.05) is 32.7 Å². The van der Waals surface area contributed by atoms with Gasteiger partial charge in [0, 0.05) is 13.1 Å². The van der Waals surface area contributed by atoms with Crippen LogP contribution in [0.2, 0.25) is 0 Å². The summed E-state index contributed by atoms with van der Waals surface area (Å²) in [6.07, 6.45) is 4.66. The van der Waals surface area contributed by atoms with Gasteiger partial charge in [-0.2, -0.15) is 0 Å². The molecule has 2 fully saturated rings. The number of nitrogens with one attached hydrogen (secondary N) is 2. The SMILES string of the molecule is CCN1CCCC(CNC(=O)C2CCCN2)C1. The molecule has 0 spiro atoms. The lowest BCUT2D eigenvalue weighted by Crippen LogP contribution is -2.45. The number of likely N-dealkylation sites (tertiary alicyclic amines) is 1. The largest absolute Gasteiger partial charge is 0.354 e. The van der Waals surface area contributed by atoms with Crippen molar-refractivity contribution in [2.45, 2.75) is 38.6 Å². The molecule has 2 aliphatic heterocycles. The number of hydrogen-bond donors (Lipinski definition) is 2. The summed E-state index contributed by atoms with van der Waals surface area (Å²) in [6, 6.07) is 0.0702. The van der Waals surface area contributed by atoms with Crippen LogP contribution in [-0.4, -0.2) is 49.6 Å². The quantitative estimate of drug-likeness (QED) is 0.754. The van der Waals surface area contributed by atoms with Gasteiger partial charge in [-0.15, -0.1) is 0 Å². The lowest BCUT2D eigenvalue weighted by Gasteiger charge is -2.32. The molecule has 0 bridgehead atoms. The molecule has 2 N–H and O–H groups in total. The summed E-state index contributed by atoms with van der Waals surface area (Å²) >= 11 is 0. The van der Waals surface area contributed by atoms with E-state index in [9.17, 15) is 4.79 Å². The molecule has 0 saturated carbocycles. The third kappa shape index (κ3) is 3.68. The number of carbonyl (C=O) groups is 1. The van der Waals surface area contributed by atoms with Crippen LogP contribution >= 0.6 is 0 Å². The topological polar surface area (TPSA) is 44.4 Å². The second-order valence-corrected chi connectivity index (χ2v) is 5.30. The molecule has 98 valence electrons. The smallest absolute Gasteiger partial charge is 0.237 e. The van der Waals surface area contributed by atoms with Crippen molar-refractivity contribution in [1.82, 2.24) is 15.5 Å². The fourth-order valence-electron chi connectivity index (χ4n) is 2.88. The van der Waals surface area contributed by atoms with Crippen molar-refractivity contribution in [3.05, 3.63) is 0 Å². The van der Waals surface area contributed by atoms with Crippen LogP contribution in [0.4, 0.5) is 0 Å². The van der Waals surface area contributed by atoms with Gasteiger partial charge in [0.1, 0.15) is 0 Å². The van der Waals surface area contributed by atoms with E-state index < -0.39 is 0 Å². The Balaban J connectivity index is 1.68. The van der Waals surface area contributed by atoms with E-state index in [1.807, 2.05) is 0 Å². The molecule has 4 heteroatoms. The summed E-state index contributed by atoms with van der Waals surface area (Å²) in [5.74, 6) is 0.852. The summed E-state index contributed by atoms with van der Waals surface area (Å²) in [7, 11) is 0. The van der Waals surface area contributed by atoms with E-state index in [2.05, 4.69) is 22.5 Å². The number of carbonyl (C=O) groups excluding carboxylic acids is 1. The third-order valence-corrected chi connectivity index (χ3v) is 3.99. The molecule has 0 aromatic carbocycles. The molecule has 2 heterocycles. The fourth-order valence-corrected chi connectivity index (χ4v) is 2.88. The molecule has 17 heavy (non-hydrogen) atoms. The summed E-state index contributed by atoms with van der Waals surface area (Å²) in [5, 5.41) is 6.35. The standard InChI is InChI=1S/C13H25N3O/c1-2-16-8-4-5-11(10-16)9-15-13(17)12-6-3-7-14-12/h11-12,14H,2-10H2,1H3,(H,15,17). The first-order valence-electron chi connectivity index (χ1n) is 7.03. The van der Waals surface area contributed by atoms with Gasteiger partial charge >= 0.3 is 0 Å². The van der Waals surface area contributed by atoms with Gasteiger partial charge in [-0.1, -0.05) is 6.92 Å². The van der Waals surface area contributed by atoms with E-state index >= 15 is 0 Å². The fraction of sp³-hybridized carbons (Fsp3) is 0.923. The van der Waals surface area contributed by atoms with Gasteiger partial charge in [0.25, 0.3) is 0 Å². The molecule has 0 radical (unpaired) electrons. The number of piperidine rings is 1. The monoisotopic (exact) mass is 239 g/mol. The Morgan fingerprint density at radius 2 is 2.29 bits per heavy atom. The highest BCUT2D eigenvalue weighted by atomic mass is 16.2. The molecule has 1 amide bonds. The van der Waals surface area contributed by atoms with Crippen LogP contribution in [0.3, 0.4) is 0 Å². The minimum Gasteiger partial charge on any atom is -0.354 e. The van der Waals surface area contributed by atoms with Crippen molar-refractivity contribution < 1.29 is 4.79 Å². The third-order valence-electron chi connectivity index (χ3n) is 3.99. The van der Waals surface area contributed by atoms with Gasteiger partial charge in [0.2, 0.25) is 5.91 Å². The Hall–Kier alpha value is -0.610. The highest BCUT2D eigenvalue weighted by Crippen LogP contribution is 2.15. The van der Waals surface area contributed by atoms with Crippen LogP contribution in [0.5, 0.6) is 0 Å². The molecule has 4 nitrogen and oxygen atoms in total. The van der Waals surface area contributed by atoms with Crippen molar-refractivity contribution in [3.8, 4) is 0 Å². The minimum atomic E-state index is 0.0702. The van der Waals surface area contributed by atoms with Crippen molar-refractivity contribution >= 4 is 5.91 Å². The van der Waals surface area contributed by atoms with Gasteiger partial charge in [0.05, 0.1) is 6.04 Å². The Labute approximate surface area is 104 Å². The van der Waals surface area contributed by atoms with E-state index in [0.29, 0.717) is 5.92 Å². The molecule has 0 aromatic rings. The van der Waals surface area contributed by atoms with Gasteiger partial charge in [-0.05, 0) is 51.2 Å². The first kappa shape index (κ1) is 12.8. The highest BCUT2D eigenvalue weighted by Gasteiger charge is 2.24. The predicted octanol–water partition coefficient (Wildman–Crippen LogP) is 0.587. The minimum absolute atomic E-state index is 0.0702. The van der Waals surface area contributed by atoms with Crippen LogP contribution in [0, 0.1) is 5.92 Å². The normalized spacial score (nSPS) is 30.4. The van der Waals surface area contributed by atoms with Crippen LogP contribution in [-0.2, 0) is 4.79 Å². The summed E-state index contributed by atoms with van der Waals surface area (Å²) in [4.78, 5) is 14.3. The van der Waals surface area contributed by atoms with Gasteiger partial charge in [-0.3, -0.25) is 4.79 Å². The van der Waals surface area contributed by atoms with Crippen LogP contribution in [0.15, 0.2) is 0 Å². The molecule has 0 aliphatic carbocycles. The average molecular weight is 239 g/mol. The Morgan fingerprint density at radius 3 is 3.00 bits per heavy atom. The lowest BCUT2D eigenvalue weighted by molar-refractivity contribution is -0.123. The Morgan fingerprint density at radius 1 is 1.41 bits per heavy atom. The van der Waals surface area contributed by atoms with Gasteiger partial charge in [-0.25, -0.2) is 0 Å². The van der Waals surface area contributed by atoms with Crippen LogP contribution in [0.1, 0.15) is 32.6 Å². The zero-order valence-corrected chi connectivity index (χ0v) is 10.9. The van der Waals surface area contributed by atoms with E-state index in [4.69, 9.17) is 0 Å². The zero-order valence-electron chi connectivity index (χ0n) is 10.9. The maximum atomic E-state index is 11.9. The van der Waals surface area contributed by atoms with Gasteiger partial charge in [0.15, 0.2) is 0 Å². The average Bonchev–Trinajstić information content (AvgIpc) is 2.90. The predicted molar refractivity (Wildman–Crippen MR) is 68.9 cm³/mol. The summed E-state index contributed by atoms with van der Waals surface area (Å²) < 4.78 is 0. The second-order valence-electron chi connectivity index (χ2n) is 5.30. The molecule has 2 saturated heterocycles. The zero-order chi connectivity index (χ0) is 12.1. The van der Waals surface area contributed by atoms with Crippen molar-refractivity contribution in [3.63, 3.8) is 0 Å². The molecule has 2 atom stereocenters. The number of rotatable bonds is 4. The van der Waals surface area contributed by atoms with E-state index in [1.54, 1.807) is 0 Å². The van der Waals surface area contributed by atoms with Crippen LogP contribution in [0.25, 0.3) is 0 Å². The number of hydrogen-bond acceptors (Lipinski definition) is 3. The summed E-state index contributed by atoms with van der Waals surface area (Å²) in [6.45, 7) is 7.57. The molecule has 2 aliphatic rings. The maximum Gasteiger partial charge on any atom is 0.237 e. The molecule has 0 aromatic heterocycles. The van der Waals surface area contributed by atoms with Crippen LogP contribution < -0.4 is 10.6 Å². The Kier molecular flexibility index (Phi) is 4.80. The first-order valence-corrected chi connectivity index (χ1v) is 7.03. The van der Waals surface area contributed by atoms with E-state index in [-0.39, 0.29) is 11.9 Å². The molecule has 2 rings (SSSR count). The second kappa shape index (κ2) is 6.36. The maximum absolute atomic E-state index is 11.9. The molecular weight excluding hydrogens is 214 g/mol. The first-order chi connectivity index (χ1) is 8.29.